The minimum atomic E-state index is -0.829. The second-order valence-corrected chi connectivity index (χ2v) is 9.98. The number of carbonyl (C=O) groups excluding carboxylic acids is 2. The number of benzene rings is 3. The number of nitrogens with zero attached hydrogens (tertiary/aromatic N) is 1. The lowest BCUT2D eigenvalue weighted by Crippen LogP contribution is -2.55. The van der Waals surface area contributed by atoms with Crippen LogP contribution in [0.2, 0.25) is 5.02 Å². The Hall–Kier alpha value is -3.26. The van der Waals surface area contributed by atoms with Crippen LogP contribution in [0.5, 0.6) is 0 Å². The van der Waals surface area contributed by atoms with Crippen molar-refractivity contribution in [3.05, 3.63) is 106 Å². The summed E-state index contributed by atoms with van der Waals surface area (Å²) in [5.74, 6) is -1.95. The Morgan fingerprint density at radius 3 is 2.49 bits per heavy atom. The lowest BCUT2D eigenvalue weighted by atomic mass is 9.77. The van der Waals surface area contributed by atoms with Gasteiger partial charge in [-0.15, -0.1) is 0 Å². The Labute approximate surface area is 220 Å². The Balaban J connectivity index is 1.54. The SMILES string of the molecule is O=C(NOCc1ccccc1F)[C@@H]1c2ccccc2C(=O)N([C@H]2CCCC[C@@H]2O)[C@H]1c1ccc(Cl)cc1. The van der Waals surface area contributed by atoms with Gasteiger partial charge in [0.1, 0.15) is 12.4 Å². The molecule has 0 saturated heterocycles. The third-order valence-corrected chi connectivity index (χ3v) is 7.53. The normalized spacial score (nSPS) is 23.4. The van der Waals surface area contributed by atoms with Gasteiger partial charge in [-0.05, 0) is 48.2 Å². The fraction of sp³-hybridized carbons (Fsp3) is 0.310. The standard InChI is InChI=1S/C29H28ClFN2O4/c30-20-15-13-18(14-16-20)27-26(28(35)32-37-17-19-7-1-4-10-23(19)31)21-8-2-3-9-22(21)29(36)33(27)24-11-5-6-12-25(24)34/h1-4,7-10,13-16,24-27,34H,5-6,11-12,17H2,(H,32,35)/t24-,25-,26+,27-/m0/s1. The molecular weight excluding hydrogens is 495 g/mol. The van der Waals surface area contributed by atoms with Crippen LogP contribution in [0.15, 0.2) is 72.8 Å². The highest BCUT2D eigenvalue weighted by Gasteiger charge is 2.48. The molecule has 0 radical (unpaired) electrons. The average Bonchev–Trinajstić information content (AvgIpc) is 2.91. The summed E-state index contributed by atoms with van der Waals surface area (Å²) >= 11 is 6.16. The lowest BCUT2D eigenvalue weighted by molar-refractivity contribution is -0.138. The van der Waals surface area contributed by atoms with Crippen molar-refractivity contribution in [2.24, 2.45) is 0 Å². The van der Waals surface area contributed by atoms with Crippen LogP contribution in [0.4, 0.5) is 4.39 Å². The van der Waals surface area contributed by atoms with Crippen molar-refractivity contribution in [2.45, 2.75) is 56.4 Å². The van der Waals surface area contributed by atoms with Crippen molar-refractivity contribution >= 4 is 23.4 Å². The molecule has 2 N–H and O–H groups in total. The third-order valence-electron chi connectivity index (χ3n) is 7.28. The molecule has 2 aliphatic rings. The third kappa shape index (κ3) is 5.12. The topological polar surface area (TPSA) is 78.9 Å². The van der Waals surface area contributed by atoms with Gasteiger partial charge in [0.05, 0.1) is 24.1 Å². The fourth-order valence-corrected chi connectivity index (χ4v) is 5.62. The van der Waals surface area contributed by atoms with Gasteiger partial charge in [0.25, 0.3) is 11.8 Å². The number of aliphatic hydroxyl groups is 1. The molecule has 0 aromatic heterocycles. The van der Waals surface area contributed by atoms with E-state index in [-0.39, 0.29) is 12.5 Å². The number of hydrogen-bond donors (Lipinski definition) is 2. The first-order valence-electron chi connectivity index (χ1n) is 12.5. The molecule has 1 saturated carbocycles. The average molecular weight is 523 g/mol. The van der Waals surface area contributed by atoms with E-state index in [4.69, 9.17) is 16.4 Å². The Morgan fingerprint density at radius 2 is 1.73 bits per heavy atom. The van der Waals surface area contributed by atoms with Crippen molar-refractivity contribution < 1.29 is 23.9 Å². The molecule has 3 aromatic rings. The molecule has 1 fully saturated rings. The number of hydrogen-bond acceptors (Lipinski definition) is 4. The summed E-state index contributed by atoms with van der Waals surface area (Å²) in [6, 6.07) is 19.1. The van der Waals surface area contributed by atoms with Crippen molar-refractivity contribution in [1.29, 1.82) is 0 Å². The Bertz CT molecular complexity index is 1280. The summed E-state index contributed by atoms with van der Waals surface area (Å²) < 4.78 is 14.0. The van der Waals surface area contributed by atoms with Crippen LogP contribution in [-0.2, 0) is 16.2 Å². The van der Waals surface area contributed by atoms with Crippen LogP contribution in [-0.4, -0.2) is 34.0 Å². The number of aliphatic hydroxyl groups excluding tert-OH is 1. The van der Waals surface area contributed by atoms with Crippen molar-refractivity contribution in [3.8, 4) is 0 Å². The first-order valence-corrected chi connectivity index (χ1v) is 12.8. The molecule has 2 amide bonds. The van der Waals surface area contributed by atoms with Gasteiger partial charge >= 0.3 is 0 Å². The first-order chi connectivity index (χ1) is 18.0. The molecule has 37 heavy (non-hydrogen) atoms. The maximum absolute atomic E-state index is 14.0. The number of nitrogens with one attached hydrogen (secondary N) is 1. The van der Waals surface area contributed by atoms with Crippen LogP contribution in [0.25, 0.3) is 0 Å². The summed E-state index contributed by atoms with van der Waals surface area (Å²) in [5, 5.41) is 11.5. The van der Waals surface area contributed by atoms with Gasteiger partial charge in [0.2, 0.25) is 0 Å². The molecule has 1 aliphatic carbocycles. The van der Waals surface area contributed by atoms with E-state index < -0.39 is 35.8 Å². The zero-order chi connectivity index (χ0) is 25.9. The van der Waals surface area contributed by atoms with E-state index in [0.717, 1.165) is 18.4 Å². The summed E-state index contributed by atoms with van der Waals surface area (Å²) in [4.78, 5) is 34.8. The van der Waals surface area contributed by atoms with Gasteiger partial charge in [0, 0.05) is 16.1 Å². The highest BCUT2D eigenvalue weighted by atomic mass is 35.5. The van der Waals surface area contributed by atoms with Crippen molar-refractivity contribution in [2.75, 3.05) is 0 Å². The molecular formula is C29H28ClFN2O4. The molecule has 0 unspecified atom stereocenters. The van der Waals surface area contributed by atoms with Gasteiger partial charge in [0.15, 0.2) is 0 Å². The molecule has 192 valence electrons. The quantitative estimate of drug-likeness (QED) is 0.430. The van der Waals surface area contributed by atoms with Gasteiger partial charge in [-0.3, -0.25) is 14.4 Å². The highest BCUT2D eigenvalue weighted by molar-refractivity contribution is 6.30. The predicted molar refractivity (Wildman–Crippen MR) is 137 cm³/mol. The summed E-state index contributed by atoms with van der Waals surface area (Å²) in [6.07, 6.45) is 2.29. The van der Waals surface area contributed by atoms with E-state index in [0.29, 0.717) is 34.6 Å². The maximum atomic E-state index is 14.0. The number of halogens is 2. The van der Waals surface area contributed by atoms with E-state index in [1.54, 1.807) is 71.6 Å². The van der Waals surface area contributed by atoms with Gasteiger partial charge in [-0.2, -0.15) is 0 Å². The lowest BCUT2D eigenvalue weighted by Gasteiger charge is -2.48. The summed E-state index contributed by atoms with van der Waals surface area (Å²) in [7, 11) is 0. The molecule has 8 heteroatoms. The number of carbonyl (C=O) groups is 2. The zero-order valence-electron chi connectivity index (χ0n) is 20.1. The molecule has 5 rings (SSSR count). The van der Waals surface area contributed by atoms with Crippen LogP contribution < -0.4 is 5.48 Å². The first kappa shape index (κ1) is 25.4. The van der Waals surface area contributed by atoms with E-state index in [1.807, 2.05) is 0 Å². The molecule has 6 nitrogen and oxygen atoms in total. The second-order valence-electron chi connectivity index (χ2n) is 9.54. The molecule has 4 atom stereocenters. The largest absolute Gasteiger partial charge is 0.391 e. The number of rotatable bonds is 6. The van der Waals surface area contributed by atoms with Crippen molar-refractivity contribution in [1.82, 2.24) is 10.4 Å². The monoisotopic (exact) mass is 522 g/mol. The second kappa shape index (κ2) is 11.0. The van der Waals surface area contributed by atoms with E-state index in [9.17, 15) is 19.1 Å². The van der Waals surface area contributed by atoms with E-state index in [1.165, 1.54) is 6.07 Å². The summed E-state index contributed by atoms with van der Waals surface area (Å²) in [5.41, 5.74) is 4.51. The van der Waals surface area contributed by atoms with Crippen LogP contribution in [0.3, 0.4) is 0 Å². The molecule has 0 bridgehead atoms. The van der Waals surface area contributed by atoms with Gasteiger partial charge < -0.3 is 10.0 Å². The molecule has 1 aliphatic heterocycles. The number of fused-ring (bicyclic) bond motifs is 1. The zero-order valence-corrected chi connectivity index (χ0v) is 20.9. The molecule has 3 aromatic carbocycles. The fourth-order valence-electron chi connectivity index (χ4n) is 5.49. The minimum Gasteiger partial charge on any atom is -0.391 e. The number of amides is 2. The van der Waals surface area contributed by atoms with Gasteiger partial charge in [-0.25, -0.2) is 9.87 Å². The smallest absolute Gasteiger partial charge is 0.255 e. The number of hydroxylamine groups is 1. The van der Waals surface area contributed by atoms with Crippen LogP contribution in [0.1, 0.15) is 64.7 Å². The van der Waals surface area contributed by atoms with E-state index >= 15 is 0 Å². The molecule has 0 spiro atoms. The Morgan fingerprint density at radius 1 is 1.03 bits per heavy atom. The molecule has 1 heterocycles. The minimum absolute atomic E-state index is 0.150. The predicted octanol–water partition coefficient (Wildman–Crippen LogP) is 5.31. The summed E-state index contributed by atoms with van der Waals surface area (Å²) in [6.45, 7) is -0.150. The van der Waals surface area contributed by atoms with Crippen LogP contribution >= 0.6 is 11.6 Å². The van der Waals surface area contributed by atoms with E-state index in [2.05, 4.69) is 5.48 Å². The highest BCUT2D eigenvalue weighted by Crippen LogP contribution is 2.46. The van der Waals surface area contributed by atoms with Crippen molar-refractivity contribution in [3.63, 3.8) is 0 Å². The van der Waals surface area contributed by atoms with Gasteiger partial charge in [-0.1, -0.05) is 73.0 Å². The Kier molecular flexibility index (Phi) is 7.55. The van der Waals surface area contributed by atoms with Crippen LogP contribution in [0, 0.1) is 5.82 Å². The maximum Gasteiger partial charge on any atom is 0.255 e.